The van der Waals surface area contributed by atoms with Crippen LogP contribution in [0.5, 0.6) is 5.75 Å². The predicted molar refractivity (Wildman–Crippen MR) is 75.5 cm³/mol. The number of aliphatic hydroxyl groups excluding tert-OH is 1. The second-order valence-corrected chi connectivity index (χ2v) is 5.48. The Hall–Kier alpha value is -1.32. The lowest BCUT2D eigenvalue weighted by atomic mass is 10.0. The summed E-state index contributed by atoms with van der Waals surface area (Å²) in [5.41, 5.74) is 1.99. The van der Waals surface area contributed by atoms with Crippen LogP contribution in [0.25, 0.3) is 0 Å². The molecule has 0 aliphatic rings. The SMILES string of the molecule is CCc1ccc(C(O)c2ccc(OC)cc2C)s1. The molecule has 3 heteroatoms. The minimum Gasteiger partial charge on any atom is -0.497 e. The molecule has 0 aliphatic carbocycles. The maximum atomic E-state index is 10.4. The Labute approximate surface area is 112 Å². The van der Waals surface area contributed by atoms with E-state index >= 15 is 0 Å². The first-order valence-corrected chi connectivity index (χ1v) is 6.88. The van der Waals surface area contributed by atoms with Crippen molar-refractivity contribution >= 4 is 11.3 Å². The van der Waals surface area contributed by atoms with E-state index in [4.69, 9.17) is 4.74 Å². The number of hydrogen-bond acceptors (Lipinski definition) is 3. The maximum Gasteiger partial charge on any atom is 0.119 e. The summed E-state index contributed by atoms with van der Waals surface area (Å²) in [4.78, 5) is 2.30. The predicted octanol–water partition coefficient (Wildman–Crippen LogP) is 3.71. The molecule has 2 aromatic rings. The minimum atomic E-state index is -0.541. The van der Waals surface area contributed by atoms with Gasteiger partial charge in [0.1, 0.15) is 11.9 Å². The normalized spacial score (nSPS) is 12.4. The highest BCUT2D eigenvalue weighted by atomic mass is 32.1. The maximum absolute atomic E-state index is 10.4. The van der Waals surface area contributed by atoms with Crippen molar-refractivity contribution in [2.24, 2.45) is 0 Å². The molecule has 2 nitrogen and oxygen atoms in total. The van der Waals surface area contributed by atoms with Gasteiger partial charge in [-0.3, -0.25) is 0 Å². The van der Waals surface area contributed by atoms with E-state index in [2.05, 4.69) is 13.0 Å². The zero-order valence-electron chi connectivity index (χ0n) is 10.9. The highest BCUT2D eigenvalue weighted by Crippen LogP contribution is 2.31. The summed E-state index contributed by atoms with van der Waals surface area (Å²) in [6.45, 7) is 4.12. The highest BCUT2D eigenvalue weighted by molar-refractivity contribution is 7.12. The van der Waals surface area contributed by atoms with Crippen LogP contribution in [-0.4, -0.2) is 12.2 Å². The van der Waals surface area contributed by atoms with Crippen LogP contribution in [0.1, 0.15) is 33.9 Å². The van der Waals surface area contributed by atoms with Crippen molar-refractivity contribution in [3.63, 3.8) is 0 Å². The summed E-state index contributed by atoms with van der Waals surface area (Å²) >= 11 is 1.67. The van der Waals surface area contributed by atoms with E-state index in [1.54, 1.807) is 18.4 Å². The number of thiophene rings is 1. The van der Waals surface area contributed by atoms with Crippen molar-refractivity contribution in [2.45, 2.75) is 26.4 Å². The van der Waals surface area contributed by atoms with Crippen molar-refractivity contribution in [1.29, 1.82) is 0 Å². The largest absolute Gasteiger partial charge is 0.497 e. The van der Waals surface area contributed by atoms with E-state index in [0.717, 1.165) is 28.2 Å². The lowest BCUT2D eigenvalue weighted by Crippen LogP contribution is -2.00. The summed E-state index contributed by atoms with van der Waals surface area (Å²) in [6, 6.07) is 9.87. The van der Waals surface area contributed by atoms with Gasteiger partial charge < -0.3 is 9.84 Å². The molecule has 1 aromatic carbocycles. The van der Waals surface area contributed by atoms with Gasteiger partial charge in [-0.1, -0.05) is 13.0 Å². The molecule has 1 unspecified atom stereocenters. The third-order valence-electron chi connectivity index (χ3n) is 3.07. The van der Waals surface area contributed by atoms with E-state index in [-0.39, 0.29) is 0 Å². The van der Waals surface area contributed by atoms with E-state index in [9.17, 15) is 5.11 Å². The molecule has 96 valence electrons. The molecule has 1 aromatic heterocycles. The van der Waals surface area contributed by atoms with Gasteiger partial charge in [-0.25, -0.2) is 0 Å². The van der Waals surface area contributed by atoms with Crippen molar-refractivity contribution in [3.05, 3.63) is 51.2 Å². The number of aryl methyl sites for hydroxylation is 2. The molecule has 1 heterocycles. The van der Waals surface area contributed by atoms with Crippen LogP contribution in [0.15, 0.2) is 30.3 Å². The fourth-order valence-electron chi connectivity index (χ4n) is 1.97. The Kier molecular flexibility index (Phi) is 4.04. The Morgan fingerprint density at radius 2 is 2.06 bits per heavy atom. The third-order valence-corrected chi connectivity index (χ3v) is 4.35. The number of aliphatic hydroxyl groups is 1. The molecule has 0 aliphatic heterocycles. The molecule has 1 atom stereocenters. The topological polar surface area (TPSA) is 29.5 Å². The average molecular weight is 262 g/mol. The minimum absolute atomic E-state index is 0.541. The van der Waals surface area contributed by atoms with Crippen molar-refractivity contribution in [2.75, 3.05) is 7.11 Å². The highest BCUT2D eigenvalue weighted by Gasteiger charge is 2.15. The first kappa shape index (κ1) is 13.1. The molecule has 1 N–H and O–H groups in total. The van der Waals surface area contributed by atoms with Crippen LogP contribution in [0.4, 0.5) is 0 Å². The third kappa shape index (κ3) is 2.57. The summed E-state index contributed by atoms with van der Waals surface area (Å²) in [6.07, 6.45) is 0.472. The van der Waals surface area contributed by atoms with Crippen LogP contribution in [0.2, 0.25) is 0 Å². The first-order chi connectivity index (χ1) is 8.65. The van der Waals surface area contributed by atoms with E-state index in [0.29, 0.717) is 0 Å². The van der Waals surface area contributed by atoms with Gasteiger partial charge >= 0.3 is 0 Å². The molecule has 0 fully saturated rings. The first-order valence-electron chi connectivity index (χ1n) is 6.07. The average Bonchev–Trinajstić information content (AvgIpc) is 2.86. The molecule has 0 saturated carbocycles. The number of rotatable bonds is 4. The molecular weight excluding hydrogens is 244 g/mol. The lowest BCUT2D eigenvalue weighted by molar-refractivity contribution is 0.223. The van der Waals surface area contributed by atoms with Crippen molar-refractivity contribution in [1.82, 2.24) is 0 Å². The Balaban J connectivity index is 2.30. The monoisotopic (exact) mass is 262 g/mol. The number of ether oxygens (including phenoxy) is 1. The van der Waals surface area contributed by atoms with Crippen LogP contribution in [0.3, 0.4) is 0 Å². The molecular formula is C15H18O2S. The second kappa shape index (κ2) is 5.55. The fourth-order valence-corrected chi connectivity index (χ4v) is 2.92. The van der Waals surface area contributed by atoms with E-state index in [1.807, 2.05) is 31.2 Å². The van der Waals surface area contributed by atoms with Gasteiger partial charge in [-0.15, -0.1) is 11.3 Å². The van der Waals surface area contributed by atoms with E-state index < -0.39 is 6.10 Å². The van der Waals surface area contributed by atoms with Crippen molar-refractivity contribution in [3.8, 4) is 5.75 Å². The zero-order valence-corrected chi connectivity index (χ0v) is 11.8. The van der Waals surface area contributed by atoms with Gasteiger partial charge in [-0.2, -0.15) is 0 Å². The molecule has 2 rings (SSSR count). The van der Waals surface area contributed by atoms with Crippen LogP contribution >= 0.6 is 11.3 Å². The summed E-state index contributed by atoms with van der Waals surface area (Å²) in [5.74, 6) is 0.823. The van der Waals surface area contributed by atoms with Gasteiger partial charge in [0.2, 0.25) is 0 Å². The molecule has 18 heavy (non-hydrogen) atoms. The zero-order chi connectivity index (χ0) is 13.1. The van der Waals surface area contributed by atoms with Gasteiger partial charge in [-0.05, 0) is 48.7 Å². The fraction of sp³-hybridized carbons (Fsp3) is 0.333. The summed E-state index contributed by atoms with van der Waals surface area (Å²) in [5, 5.41) is 10.4. The van der Waals surface area contributed by atoms with Gasteiger partial charge in [0, 0.05) is 9.75 Å². The van der Waals surface area contributed by atoms with Crippen LogP contribution in [0, 0.1) is 6.92 Å². The second-order valence-electron chi connectivity index (χ2n) is 4.28. The van der Waals surface area contributed by atoms with Crippen LogP contribution < -0.4 is 4.74 Å². The molecule has 0 radical (unpaired) electrons. The van der Waals surface area contributed by atoms with Gasteiger partial charge in [0.05, 0.1) is 7.11 Å². The standard InChI is InChI=1S/C15H18O2S/c1-4-12-6-8-14(18-12)15(16)13-7-5-11(17-3)9-10(13)2/h5-9,15-16H,4H2,1-3H3. The smallest absolute Gasteiger partial charge is 0.119 e. The lowest BCUT2D eigenvalue weighted by Gasteiger charge is -2.13. The van der Waals surface area contributed by atoms with Crippen molar-refractivity contribution < 1.29 is 9.84 Å². The summed E-state index contributed by atoms with van der Waals surface area (Å²) < 4.78 is 5.18. The quantitative estimate of drug-likeness (QED) is 0.910. The number of hydrogen-bond donors (Lipinski definition) is 1. The number of benzene rings is 1. The molecule has 0 amide bonds. The summed E-state index contributed by atoms with van der Waals surface area (Å²) in [7, 11) is 1.65. The molecule has 0 saturated heterocycles. The Morgan fingerprint density at radius 1 is 1.28 bits per heavy atom. The molecule has 0 bridgehead atoms. The molecule has 0 spiro atoms. The van der Waals surface area contributed by atoms with E-state index in [1.165, 1.54) is 4.88 Å². The van der Waals surface area contributed by atoms with Gasteiger partial charge in [0.25, 0.3) is 0 Å². The van der Waals surface area contributed by atoms with Gasteiger partial charge in [0.15, 0.2) is 0 Å². The Morgan fingerprint density at radius 3 is 2.61 bits per heavy atom. The Bertz CT molecular complexity index is 531. The van der Waals surface area contributed by atoms with Crippen LogP contribution in [-0.2, 0) is 6.42 Å². The number of methoxy groups -OCH3 is 1.